The molecule has 18 heavy (non-hydrogen) atoms. The predicted octanol–water partition coefficient (Wildman–Crippen LogP) is 0.319. The zero-order valence-corrected chi connectivity index (χ0v) is 10.4. The van der Waals surface area contributed by atoms with E-state index in [1.54, 1.807) is 16.9 Å². The summed E-state index contributed by atoms with van der Waals surface area (Å²) < 4.78 is 1.68. The molecule has 2 aromatic heterocycles. The standard InChI is InChI=1S/C11H17N7/c1-8(9-3-2-4-12-5-9)14-10-6-13-7-11-15-16-17-18(10)11/h6-9,12,14H,2-5H2,1H3. The number of fused-ring (bicyclic) bond motifs is 1. The van der Waals surface area contributed by atoms with E-state index in [2.05, 4.69) is 38.1 Å². The maximum Gasteiger partial charge on any atom is 0.199 e. The highest BCUT2D eigenvalue weighted by Gasteiger charge is 2.20. The lowest BCUT2D eigenvalue weighted by Crippen LogP contribution is -2.39. The summed E-state index contributed by atoms with van der Waals surface area (Å²) in [5.74, 6) is 1.47. The topological polar surface area (TPSA) is 80.0 Å². The first-order valence-corrected chi connectivity index (χ1v) is 6.34. The van der Waals surface area contributed by atoms with Gasteiger partial charge >= 0.3 is 0 Å². The number of hydrogen-bond acceptors (Lipinski definition) is 6. The molecule has 1 saturated heterocycles. The summed E-state index contributed by atoms with van der Waals surface area (Å²) >= 11 is 0. The van der Waals surface area contributed by atoms with Gasteiger partial charge < -0.3 is 10.6 Å². The minimum Gasteiger partial charge on any atom is -0.366 e. The molecule has 2 unspecified atom stereocenters. The number of nitrogens with zero attached hydrogens (tertiary/aromatic N) is 5. The molecule has 3 heterocycles. The van der Waals surface area contributed by atoms with Crippen molar-refractivity contribution in [3.05, 3.63) is 12.4 Å². The third-order valence-electron chi connectivity index (χ3n) is 3.53. The fourth-order valence-electron chi connectivity index (χ4n) is 2.43. The monoisotopic (exact) mass is 247 g/mol. The highest BCUT2D eigenvalue weighted by atomic mass is 15.5. The van der Waals surface area contributed by atoms with Gasteiger partial charge in [-0.3, -0.25) is 4.98 Å². The highest BCUT2D eigenvalue weighted by molar-refractivity contribution is 5.44. The lowest BCUT2D eigenvalue weighted by molar-refractivity contribution is 0.346. The van der Waals surface area contributed by atoms with Crippen LogP contribution in [0.1, 0.15) is 19.8 Å². The molecule has 0 bridgehead atoms. The van der Waals surface area contributed by atoms with Crippen molar-refractivity contribution in [2.45, 2.75) is 25.8 Å². The van der Waals surface area contributed by atoms with Crippen molar-refractivity contribution in [2.24, 2.45) is 5.92 Å². The van der Waals surface area contributed by atoms with E-state index in [9.17, 15) is 0 Å². The Morgan fingerprint density at radius 1 is 1.50 bits per heavy atom. The third-order valence-corrected chi connectivity index (χ3v) is 3.53. The van der Waals surface area contributed by atoms with Crippen molar-refractivity contribution in [1.29, 1.82) is 0 Å². The molecule has 7 nitrogen and oxygen atoms in total. The Balaban J connectivity index is 1.77. The summed E-state index contributed by atoms with van der Waals surface area (Å²) in [6.07, 6.45) is 5.90. The van der Waals surface area contributed by atoms with Crippen LogP contribution in [0.3, 0.4) is 0 Å². The molecular weight excluding hydrogens is 230 g/mol. The average Bonchev–Trinajstić information content (AvgIpc) is 2.89. The van der Waals surface area contributed by atoms with Crippen LogP contribution in [0, 0.1) is 5.92 Å². The minimum absolute atomic E-state index is 0.370. The maximum absolute atomic E-state index is 4.14. The molecule has 0 amide bonds. The predicted molar refractivity (Wildman–Crippen MR) is 67.3 cm³/mol. The van der Waals surface area contributed by atoms with Crippen LogP contribution in [0.5, 0.6) is 0 Å². The average molecular weight is 247 g/mol. The lowest BCUT2D eigenvalue weighted by atomic mass is 9.93. The molecule has 1 aliphatic heterocycles. The quantitative estimate of drug-likeness (QED) is 0.813. The van der Waals surface area contributed by atoms with Gasteiger partial charge in [0.1, 0.15) is 0 Å². The van der Waals surface area contributed by atoms with Gasteiger partial charge in [-0.1, -0.05) is 0 Å². The minimum atomic E-state index is 0.370. The van der Waals surface area contributed by atoms with Gasteiger partial charge in [-0.15, -0.1) is 5.10 Å². The molecule has 0 radical (unpaired) electrons. The Bertz CT molecular complexity index is 517. The van der Waals surface area contributed by atoms with Crippen LogP contribution in [0.2, 0.25) is 0 Å². The van der Waals surface area contributed by atoms with Crippen LogP contribution in [-0.2, 0) is 0 Å². The van der Waals surface area contributed by atoms with E-state index in [4.69, 9.17) is 0 Å². The molecule has 7 heteroatoms. The molecular formula is C11H17N7. The van der Waals surface area contributed by atoms with E-state index >= 15 is 0 Å². The number of hydrogen-bond donors (Lipinski definition) is 2. The summed E-state index contributed by atoms with van der Waals surface area (Å²) in [4.78, 5) is 4.14. The molecule has 0 aromatic carbocycles. The molecule has 2 N–H and O–H groups in total. The van der Waals surface area contributed by atoms with E-state index in [0.29, 0.717) is 17.6 Å². The second-order valence-electron chi connectivity index (χ2n) is 4.78. The van der Waals surface area contributed by atoms with Gasteiger partial charge in [0.25, 0.3) is 0 Å². The van der Waals surface area contributed by atoms with Gasteiger partial charge in [-0.2, -0.15) is 4.52 Å². The lowest BCUT2D eigenvalue weighted by Gasteiger charge is -2.29. The Morgan fingerprint density at radius 3 is 3.28 bits per heavy atom. The summed E-state index contributed by atoms with van der Waals surface area (Å²) in [6.45, 7) is 4.39. The van der Waals surface area contributed by atoms with Crippen molar-refractivity contribution in [3.8, 4) is 0 Å². The van der Waals surface area contributed by atoms with Gasteiger partial charge in [0.2, 0.25) is 0 Å². The summed E-state index contributed by atoms with van der Waals surface area (Å²) in [7, 11) is 0. The van der Waals surface area contributed by atoms with Gasteiger partial charge in [0.15, 0.2) is 11.5 Å². The Hall–Kier alpha value is -1.76. The molecule has 0 saturated carbocycles. The third kappa shape index (κ3) is 2.13. The zero-order chi connectivity index (χ0) is 12.4. The summed E-state index contributed by atoms with van der Waals surface area (Å²) in [5, 5.41) is 18.4. The fraction of sp³-hybridized carbons (Fsp3) is 0.636. The van der Waals surface area contributed by atoms with Gasteiger partial charge in [0, 0.05) is 6.04 Å². The van der Waals surface area contributed by atoms with Crippen LogP contribution >= 0.6 is 0 Å². The van der Waals surface area contributed by atoms with Crippen molar-refractivity contribution < 1.29 is 0 Å². The second-order valence-corrected chi connectivity index (χ2v) is 4.78. The van der Waals surface area contributed by atoms with Crippen LogP contribution in [0.15, 0.2) is 12.4 Å². The Kier molecular flexibility index (Phi) is 3.06. The molecule has 3 rings (SSSR count). The summed E-state index contributed by atoms with van der Waals surface area (Å²) in [6, 6.07) is 0.370. The fourth-order valence-corrected chi connectivity index (χ4v) is 2.43. The zero-order valence-electron chi connectivity index (χ0n) is 10.4. The van der Waals surface area contributed by atoms with Crippen molar-refractivity contribution in [2.75, 3.05) is 18.4 Å². The number of aromatic nitrogens is 5. The van der Waals surface area contributed by atoms with Crippen molar-refractivity contribution in [1.82, 2.24) is 30.3 Å². The first-order chi connectivity index (χ1) is 8.84. The van der Waals surface area contributed by atoms with E-state index < -0.39 is 0 Å². The largest absolute Gasteiger partial charge is 0.366 e. The number of tetrazole rings is 1. The number of rotatable bonds is 3. The molecule has 96 valence electrons. The number of anilines is 1. The van der Waals surface area contributed by atoms with Crippen LogP contribution in [0.25, 0.3) is 5.65 Å². The molecule has 1 aliphatic rings. The smallest absolute Gasteiger partial charge is 0.199 e. The maximum atomic E-state index is 4.14. The molecule has 1 fully saturated rings. The Labute approximate surface area is 105 Å². The molecule has 0 spiro atoms. The van der Waals surface area contributed by atoms with Crippen LogP contribution < -0.4 is 10.6 Å². The van der Waals surface area contributed by atoms with E-state index in [0.717, 1.165) is 18.9 Å². The molecule has 2 atom stereocenters. The van der Waals surface area contributed by atoms with Crippen molar-refractivity contribution >= 4 is 11.5 Å². The van der Waals surface area contributed by atoms with Crippen molar-refractivity contribution in [3.63, 3.8) is 0 Å². The SMILES string of the molecule is CC(Nc1cncc2nnnn12)C1CCCNC1. The highest BCUT2D eigenvalue weighted by Crippen LogP contribution is 2.18. The normalized spacial score (nSPS) is 21.9. The Morgan fingerprint density at radius 2 is 2.44 bits per heavy atom. The molecule has 0 aliphatic carbocycles. The number of nitrogens with one attached hydrogen (secondary N) is 2. The first-order valence-electron chi connectivity index (χ1n) is 6.34. The van der Waals surface area contributed by atoms with Gasteiger partial charge in [-0.05, 0) is 49.2 Å². The summed E-state index contributed by atoms with van der Waals surface area (Å²) in [5.41, 5.74) is 0.661. The number of piperidine rings is 1. The van der Waals surface area contributed by atoms with Crippen LogP contribution in [0.4, 0.5) is 5.82 Å². The second kappa shape index (κ2) is 4.85. The molecule has 2 aromatic rings. The van der Waals surface area contributed by atoms with Crippen LogP contribution in [-0.4, -0.2) is 44.2 Å². The van der Waals surface area contributed by atoms with Gasteiger partial charge in [0.05, 0.1) is 12.4 Å². The van der Waals surface area contributed by atoms with E-state index in [1.807, 2.05) is 0 Å². The van der Waals surface area contributed by atoms with E-state index in [-0.39, 0.29) is 0 Å². The first kappa shape index (κ1) is 11.3. The van der Waals surface area contributed by atoms with Gasteiger partial charge in [-0.25, -0.2) is 0 Å². The van der Waals surface area contributed by atoms with E-state index in [1.165, 1.54) is 12.8 Å².